The van der Waals surface area contributed by atoms with Gasteiger partial charge in [-0.05, 0) is 93.6 Å². The number of nitrogens with zero attached hydrogens (tertiary/aromatic N) is 6. The number of Topliss-reactive ketones (excluding diaryl/α,β-unsaturated/α-hetero) is 1. The van der Waals surface area contributed by atoms with Crippen molar-refractivity contribution in [2.45, 2.75) is 100 Å². The SMILES string of the molecule is NC12CC(n3cnc4cnc5[nH]ccc5c43)(C1)C2.O=C(CC1CC1)CC12CC(n3cnc4cnc5[nH]ccc5c43)(C1)C2.O=C(O)CC1CC1. The molecular weight excluding hydrogens is 618 g/mol. The number of imidazole rings is 2. The summed E-state index contributed by atoms with van der Waals surface area (Å²) in [6.07, 6.45) is 25.0. The van der Waals surface area contributed by atoms with Crippen molar-refractivity contribution in [2.75, 3.05) is 0 Å². The van der Waals surface area contributed by atoms with Crippen LogP contribution in [0.2, 0.25) is 0 Å². The first kappa shape index (κ1) is 29.3. The number of fused-ring (bicyclic) bond motifs is 6. The number of aliphatic carboxylic acids is 1. The molecule has 0 unspecified atom stereocenters. The number of nitrogens with one attached hydrogen (secondary N) is 2. The monoisotopic (exact) mass is 659 g/mol. The molecule has 6 aromatic rings. The van der Waals surface area contributed by atoms with E-state index in [1.807, 2.05) is 37.4 Å². The van der Waals surface area contributed by atoms with E-state index >= 15 is 0 Å². The number of nitrogens with two attached hydrogens (primary N) is 1. The van der Waals surface area contributed by atoms with Gasteiger partial charge in [-0.2, -0.15) is 0 Å². The molecule has 5 N–H and O–H groups in total. The smallest absolute Gasteiger partial charge is 0.303 e. The van der Waals surface area contributed by atoms with Crippen molar-refractivity contribution < 1.29 is 14.7 Å². The molecule has 252 valence electrons. The van der Waals surface area contributed by atoms with E-state index < -0.39 is 5.97 Å². The molecule has 12 nitrogen and oxygen atoms in total. The molecule has 0 saturated heterocycles. The number of hydrogen-bond acceptors (Lipinski definition) is 7. The van der Waals surface area contributed by atoms with Crippen LogP contribution in [0.15, 0.2) is 49.6 Å². The van der Waals surface area contributed by atoms with Gasteiger partial charge in [-0.25, -0.2) is 19.9 Å². The first-order valence-corrected chi connectivity index (χ1v) is 17.8. The molecule has 8 saturated carbocycles. The zero-order valence-corrected chi connectivity index (χ0v) is 27.5. The maximum Gasteiger partial charge on any atom is 0.303 e. The van der Waals surface area contributed by atoms with Crippen LogP contribution in [0.25, 0.3) is 44.1 Å². The van der Waals surface area contributed by atoms with Crippen LogP contribution in [0.3, 0.4) is 0 Å². The molecule has 49 heavy (non-hydrogen) atoms. The number of aromatic nitrogens is 8. The number of aromatic amines is 2. The molecule has 0 spiro atoms. The Morgan fingerprint density at radius 2 is 1.24 bits per heavy atom. The van der Waals surface area contributed by atoms with Crippen LogP contribution in [0, 0.1) is 17.3 Å². The Labute approximate surface area is 281 Å². The summed E-state index contributed by atoms with van der Waals surface area (Å²) in [4.78, 5) is 46.3. The highest BCUT2D eigenvalue weighted by molar-refractivity contribution is 6.02. The molecule has 0 radical (unpaired) electrons. The Bertz CT molecular complexity index is 2260. The third-order valence-corrected chi connectivity index (χ3v) is 12.3. The Morgan fingerprint density at radius 3 is 1.69 bits per heavy atom. The van der Waals surface area contributed by atoms with E-state index in [0.717, 1.165) is 97.3 Å². The van der Waals surface area contributed by atoms with Gasteiger partial charge in [0.1, 0.15) is 28.1 Å². The first-order chi connectivity index (χ1) is 23.6. The fourth-order valence-electron chi connectivity index (χ4n) is 9.89. The van der Waals surface area contributed by atoms with Gasteiger partial charge in [-0.15, -0.1) is 0 Å². The van der Waals surface area contributed by atoms with Gasteiger partial charge in [0.15, 0.2) is 0 Å². The topological polar surface area (TPSA) is 173 Å². The summed E-state index contributed by atoms with van der Waals surface area (Å²) < 4.78 is 4.70. The number of hydrogen-bond donors (Lipinski definition) is 4. The number of carbonyl (C=O) groups excluding carboxylic acids is 1. The molecule has 8 aliphatic rings. The van der Waals surface area contributed by atoms with Gasteiger partial charge in [0, 0.05) is 53.5 Å². The zero-order valence-electron chi connectivity index (χ0n) is 27.5. The highest BCUT2D eigenvalue weighted by atomic mass is 16.4. The molecule has 0 amide bonds. The number of carboxylic acids is 1. The lowest BCUT2D eigenvalue weighted by Crippen LogP contribution is -2.76. The fraction of sp³-hybridized carbons (Fsp3) is 0.514. The quantitative estimate of drug-likeness (QED) is 0.156. The summed E-state index contributed by atoms with van der Waals surface area (Å²) >= 11 is 0. The fourth-order valence-corrected chi connectivity index (χ4v) is 9.89. The molecule has 4 bridgehead atoms. The van der Waals surface area contributed by atoms with Gasteiger partial charge >= 0.3 is 5.97 Å². The highest BCUT2D eigenvalue weighted by Gasteiger charge is 2.69. The molecule has 0 aliphatic heterocycles. The van der Waals surface area contributed by atoms with Gasteiger partial charge in [0.2, 0.25) is 0 Å². The Balaban J connectivity index is 0.000000107. The molecule has 6 aromatic heterocycles. The van der Waals surface area contributed by atoms with Gasteiger partial charge in [0.25, 0.3) is 0 Å². The summed E-state index contributed by atoms with van der Waals surface area (Å²) in [5, 5.41) is 10.4. The van der Waals surface area contributed by atoms with Crippen LogP contribution in [-0.4, -0.2) is 61.4 Å². The summed E-state index contributed by atoms with van der Waals surface area (Å²) in [5.74, 6) is 1.09. The van der Waals surface area contributed by atoms with Crippen molar-refractivity contribution in [3.8, 4) is 0 Å². The number of rotatable bonds is 8. The predicted octanol–water partition coefficient (Wildman–Crippen LogP) is 5.93. The van der Waals surface area contributed by atoms with Crippen LogP contribution in [-0.2, 0) is 20.7 Å². The van der Waals surface area contributed by atoms with Crippen molar-refractivity contribution in [1.82, 2.24) is 39.0 Å². The van der Waals surface area contributed by atoms with Gasteiger partial charge in [-0.1, -0.05) is 0 Å². The summed E-state index contributed by atoms with van der Waals surface area (Å²) in [5.41, 5.74) is 13.2. The van der Waals surface area contributed by atoms with Crippen LogP contribution in [0.1, 0.15) is 83.5 Å². The zero-order chi connectivity index (χ0) is 33.2. The van der Waals surface area contributed by atoms with E-state index in [9.17, 15) is 9.59 Å². The minimum absolute atomic E-state index is 0.112. The molecule has 8 fully saturated rings. The largest absolute Gasteiger partial charge is 0.481 e. The van der Waals surface area contributed by atoms with Gasteiger partial charge in [-0.3, -0.25) is 9.59 Å². The first-order valence-electron chi connectivity index (χ1n) is 17.8. The van der Waals surface area contributed by atoms with Gasteiger partial charge < -0.3 is 29.9 Å². The van der Waals surface area contributed by atoms with E-state index in [0.29, 0.717) is 29.5 Å². The van der Waals surface area contributed by atoms with Crippen molar-refractivity contribution in [2.24, 2.45) is 23.0 Å². The number of carbonyl (C=O) groups is 2. The molecule has 8 aliphatic carbocycles. The second-order valence-corrected chi connectivity index (χ2v) is 16.5. The van der Waals surface area contributed by atoms with Crippen molar-refractivity contribution >= 4 is 55.9 Å². The third kappa shape index (κ3) is 4.66. The second-order valence-electron chi connectivity index (χ2n) is 16.5. The van der Waals surface area contributed by atoms with Crippen molar-refractivity contribution in [1.29, 1.82) is 0 Å². The summed E-state index contributed by atoms with van der Waals surface area (Å²) in [6.45, 7) is 0. The number of H-pyrrole nitrogens is 2. The highest BCUT2D eigenvalue weighted by Crippen LogP contribution is 2.73. The van der Waals surface area contributed by atoms with Crippen LogP contribution in [0.5, 0.6) is 0 Å². The maximum atomic E-state index is 12.2. The lowest BCUT2D eigenvalue weighted by atomic mass is 9.38. The van der Waals surface area contributed by atoms with Crippen LogP contribution in [0.4, 0.5) is 0 Å². The van der Waals surface area contributed by atoms with Crippen molar-refractivity contribution in [3.63, 3.8) is 0 Å². The van der Waals surface area contributed by atoms with E-state index in [-0.39, 0.29) is 16.6 Å². The van der Waals surface area contributed by atoms with Crippen molar-refractivity contribution in [3.05, 3.63) is 49.6 Å². The Morgan fingerprint density at radius 1 is 0.755 bits per heavy atom. The van der Waals surface area contributed by atoms with E-state index in [1.165, 1.54) is 23.9 Å². The number of ketones is 1. The van der Waals surface area contributed by atoms with E-state index in [1.54, 1.807) is 0 Å². The normalized spacial score (nSPS) is 30.4. The van der Waals surface area contributed by atoms with Gasteiger partial charge in [0.05, 0.1) is 41.6 Å². The maximum absolute atomic E-state index is 12.2. The van der Waals surface area contributed by atoms with E-state index in [4.69, 9.17) is 10.8 Å². The van der Waals surface area contributed by atoms with Crippen LogP contribution < -0.4 is 5.73 Å². The standard InChI is InChI=1S/C19H20N4O.C13H13N5.C5H8O2/c24-13(5-12-1-2-12)6-18-8-19(9-18,10-18)23-11-22-15-7-21-17-14(16(15)23)3-4-20-17;14-12-4-13(5-12,6-12)18-7-17-9-3-16-11-8(10(9)18)1-2-15-11;6-5(7)3-4-1-2-4/h3-4,7,11-12H,1-2,5-6,8-10H2,(H,20,21);1-3,7H,4-6,14H2,(H,15,16);4H,1-3H2,(H,6,7). The number of carboxylic acid groups (broad SMARTS) is 1. The average molecular weight is 660 g/mol. The summed E-state index contributed by atoms with van der Waals surface area (Å²) in [6, 6.07) is 4.16. The second kappa shape index (κ2) is 9.99. The van der Waals surface area contributed by atoms with E-state index in [2.05, 4.69) is 51.2 Å². The Kier molecular flexibility index (Phi) is 5.99. The number of pyridine rings is 2. The molecule has 14 rings (SSSR count). The minimum atomic E-state index is -0.650. The lowest BCUT2D eigenvalue weighted by Gasteiger charge is -2.71. The average Bonchev–Trinajstić information content (AvgIpc) is 3.71. The van der Waals surface area contributed by atoms with Crippen LogP contribution >= 0.6 is 0 Å². The Hall–Kier alpha value is -4.58. The summed E-state index contributed by atoms with van der Waals surface area (Å²) in [7, 11) is 0. The molecular formula is C37H41N9O3. The predicted molar refractivity (Wildman–Crippen MR) is 184 cm³/mol. The molecule has 0 aromatic carbocycles. The third-order valence-electron chi connectivity index (χ3n) is 12.3. The molecule has 0 atom stereocenters. The minimum Gasteiger partial charge on any atom is -0.481 e. The lowest BCUT2D eigenvalue weighted by molar-refractivity contribution is -0.190. The molecule has 6 heterocycles. The molecule has 12 heteroatoms.